The maximum absolute atomic E-state index is 11.2. The second kappa shape index (κ2) is 3.95. The molecule has 102 valence electrons. The number of nitrogens with one attached hydrogen (secondary N) is 2. The number of rotatable bonds is 3. The van der Waals surface area contributed by atoms with E-state index in [0.717, 1.165) is 11.1 Å². The van der Waals surface area contributed by atoms with Crippen LogP contribution < -0.4 is 11.1 Å². The number of benzene rings is 1. The highest BCUT2D eigenvalue weighted by Crippen LogP contribution is 2.42. The molecule has 0 spiro atoms. The van der Waals surface area contributed by atoms with Gasteiger partial charge < -0.3 is 14.5 Å². The number of hydrogen-bond donors (Lipinski definition) is 2. The third-order valence-corrected chi connectivity index (χ3v) is 4.49. The molecular weight excluding hydrogens is 244 g/mol. The van der Waals surface area contributed by atoms with Crippen molar-refractivity contribution in [2.45, 2.75) is 24.8 Å². The monoisotopic (exact) mass is 262 g/mol. The van der Waals surface area contributed by atoms with Crippen molar-refractivity contribution in [2.75, 3.05) is 20.3 Å². The molecule has 19 heavy (non-hydrogen) atoms. The van der Waals surface area contributed by atoms with Crippen molar-refractivity contribution < 1.29 is 9.15 Å². The number of H-pyrrole nitrogens is 1. The van der Waals surface area contributed by atoms with Crippen molar-refractivity contribution in [1.29, 1.82) is 0 Å². The number of aromatic nitrogens is 1. The third kappa shape index (κ3) is 1.65. The smallest absolute Gasteiger partial charge is 0.408 e. The lowest BCUT2D eigenvalue weighted by Gasteiger charge is -2.52. The Bertz CT molecular complexity index is 665. The second-order valence-electron chi connectivity index (χ2n) is 5.68. The van der Waals surface area contributed by atoms with E-state index in [9.17, 15) is 4.79 Å². The normalized spacial score (nSPS) is 18.5. The largest absolute Gasteiger partial charge is 0.417 e. The minimum Gasteiger partial charge on any atom is -0.408 e. The fourth-order valence-electron chi connectivity index (χ4n) is 2.68. The molecule has 1 saturated heterocycles. The van der Waals surface area contributed by atoms with Gasteiger partial charge in [-0.1, -0.05) is 6.07 Å². The van der Waals surface area contributed by atoms with E-state index in [4.69, 9.17) is 9.15 Å². The van der Waals surface area contributed by atoms with Gasteiger partial charge in [0.25, 0.3) is 0 Å². The lowest BCUT2D eigenvalue weighted by Crippen LogP contribution is -2.65. The van der Waals surface area contributed by atoms with Gasteiger partial charge in [-0.2, -0.15) is 0 Å². The van der Waals surface area contributed by atoms with Crippen LogP contribution >= 0.6 is 0 Å². The van der Waals surface area contributed by atoms with Crippen LogP contribution in [0.15, 0.2) is 27.4 Å². The summed E-state index contributed by atoms with van der Waals surface area (Å²) >= 11 is 0. The number of oxazole rings is 1. The molecule has 2 heterocycles. The molecule has 1 aliphatic heterocycles. The van der Waals surface area contributed by atoms with E-state index in [-0.39, 0.29) is 11.0 Å². The molecule has 0 saturated carbocycles. The van der Waals surface area contributed by atoms with Crippen molar-refractivity contribution in [3.63, 3.8) is 0 Å². The Balaban J connectivity index is 2.14. The first kappa shape index (κ1) is 12.4. The maximum Gasteiger partial charge on any atom is 0.417 e. The van der Waals surface area contributed by atoms with Crippen LogP contribution in [0.25, 0.3) is 11.1 Å². The molecule has 0 aliphatic carbocycles. The summed E-state index contributed by atoms with van der Waals surface area (Å²) in [5.41, 5.74) is 2.31. The van der Waals surface area contributed by atoms with Crippen molar-refractivity contribution in [2.24, 2.45) is 0 Å². The molecule has 5 nitrogen and oxygen atoms in total. The Morgan fingerprint density at radius 1 is 1.37 bits per heavy atom. The van der Waals surface area contributed by atoms with Gasteiger partial charge in [-0.15, -0.1) is 0 Å². The summed E-state index contributed by atoms with van der Waals surface area (Å²) in [6, 6.07) is 5.84. The van der Waals surface area contributed by atoms with Gasteiger partial charge in [0, 0.05) is 5.54 Å². The topological polar surface area (TPSA) is 67.3 Å². The van der Waals surface area contributed by atoms with Crippen molar-refractivity contribution in [1.82, 2.24) is 10.3 Å². The number of aromatic amines is 1. The van der Waals surface area contributed by atoms with Crippen molar-refractivity contribution >= 4 is 11.1 Å². The molecular formula is C14H18N2O3. The van der Waals surface area contributed by atoms with Crippen LogP contribution in [0, 0.1) is 0 Å². The van der Waals surface area contributed by atoms with Crippen LogP contribution in [-0.2, 0) is 10.2 Å². The first-order valence-corrected chi connectivity index (χ1v) is 6.38. The Morgan fingerprint density at radius 2 is 2.11 bits per heavy atom. The van der Waals surface area contributed by atoms with Crippen LogP contribution in [0.2, 0.25) is 0 Å². The summed E-state index contributed by atoms with van der Waals surface area (Å²) in [6.07, 6.45) is 0. The molecule has 0 unspecified atom stereocenters. The van der Waals surface area contributed by atoms with Crippen LogP contribution in [0.1, 0.15) is 19.4 Å². The zero-order chi connectivity index (χ0) is 13.7. The van der Waals surface area contributed by atoms with E-state index < -0.39 is 5.76 Å². The summed E-state index contributed by atoms with van der Waals surface area (Å²) in [5, 5.41) is 3.36. The Labute approximate surface area is 111 Å². The van der Waals surface area contributed by atoms with Crippen LogP contribution in [0.3, 0.4) is 0 Å². The quantitative estimate of drug-likeness (QED) is 0.877. The summed E-state index contributed by atoms with van der Waals surface area (Å²) in [6.45, 7) is 5.68. The third-order valence-electron chi connectivity index (χ3n) is 4.49. The summed E-state index contributed by atoms with van der Waals surface area (Å²) in [5.74, 6) is -0.418. The van der Waals surface area contributed by atoms with Gasteiger partial charge in [0.15, 0.2) is 5.58 Å². The van der Waals surface area contributed by atoms with Gasteiger partial charge in [-0.05, 0) is 38.6 Å². The second-order valence-corrected chi connectivity index (χ2v) is 5.68. The molecule has 0 atom stereocenters. The summed E-state index contributed by atoms with van der Waals surface area (Å²) in [7, 11) is 1.96. The molecule has 1 aromatic heterocycles. The van der Waals surface area contributed by atoms with Gasteiger partial charge in [-0.3, -0.25) is 4.98 Å². The van der Waals surface area contributed by atoms with Crippen LogP contribution in [0.5, 0.6) is 0 Å². The highest BCUT2D eigenvalue weighted by atomic mass is 16.5. The molecule has 0 radical (unpaired) electrons. The number of hydrogen-bond acceptors (Lipinski definition) is 4. The van der Waals surface area contributed by atoms with Crippen molar-refractivity contribution in [3.8, 4) is 0 Å². The minimum atomic E-state index is -0.418. The molecule has 5 heteroatoms. The summed E-state index contributed by atoms with van der Waals surface area (Å²) < 4.78 is 10.5. The Kier molecular flexibility index (Phi) is 2.59. The van der Waals surface area contributed by atoms with Gasteiger partial charge in [-0.25, -0.2) is 4.79 Å². The van der Waals surface area contributed by atoms with Crippen molar-refractivity contribution in [3.05, 3.63) is 34.3 Å². The predicted molar refractivity (Wildman–Crippen MR) is 72.5 cm³/mol. The van der Waals surface area contributed by atoms with Gasteiger partial charge in [0.1, 0.15) is 0 Å². The fraction of sp³-hybridized carbons (Fsp3) is 0.500. The fourth-order valence-corrected chi connectivity index (χ4v) is 2.68. The van der Waals surface area contributed by atoms with Gasteiger partial charge in [0.2, 0.25) is 0 Å². The lowest BCUT2D eigenvalue weighted by atomic mass is 9.65. The number of fused-ring (bicyclic) bond motifs is 1. The standard InChI is InChI=1S/C14H18N2O3/c1-13(2,15-3)14(7-18-8-14)9-4-5-11-10(6-9)16-12(17)19-11/h4-6,15H,7-8H2,1-3H3,(H,16,17). The molecule has 0 amide bonds. The van der Waals surface area contributed by atoms with E-state index in [1.807, 2.05) is 25.2 Å². The molecule has 0 bridgehead atoms. The Morgan fingerprint density at radius 3 is 2.68 bits per heavy atom. The SMILES string of the molecule is CNC(C)(C)C1(c2ccc3oc(=O)[nH]c3c2)COC1. The van der Waals surface area contributed by atoms with E-state index in [1.165, 1.54) is 0 Å². The average Bonchev–Trinajstić information content (AvgIpc) is 2.66. The lowest BCUT2D eigenvalue weighted by molar-refractivity contribution is -0.0990. The van der Waals surface area contributed by atoms with E-state index in [2.05, 4.69) is 24.1 Å². The zero-order valence-corrected chi connectivity index (χ0v) is 11.4. The Hall–Kier alpha value is -1.59. The molecule has 2 N–H and O–H groups in total. The number of likely N-dealkylation sites (N-methyl/N-ethyl adjacent to an activating group) is 1. The predicted octanol–water partition coefficient (Wildman–Crippen LogP) is 1.39. The first-order chi connectivity index (χ1) is 8.98. The van der Waals surface area contributed by atoms with Crippen LogP contribution in [0.4, 0.5) is 0 Å². The van der Waals surface area contributed by atoms with Crippen LogP contribution in [-0.4, -0.2) is 30.8 Å². The van der Waals surface area contributed by atoms with E-state index >= 15 is 0 Å². The zero-order valence-electron chi connectivity index (χ0n) is 11.4. The number of ether oxygens (including phenoxy) is 1. The van der Waals surface area contributed by atoms with E-state index in [0.29, 0.717) is 18.8 Å². The summed E-state index contributed by atoms with van der Waals surface area (Å²) in [4.78, 5) is 13.9. The molecule has 3 rings (SSSR count). The highest BCUT2D eigenvalue weighted by molar-refractivity contribution is 5.73. The maximum atomic E-state index is 11.2. The molecule has 2 aromatic rings. The average molecular weight is 262 g/mol. The molecule has 1 aromatic carbocycles. The first-order valence-electron chi connectivity index (χ1n) is 6.38. The van der Waals surface area contributed by atoms with Gasteiger partial charge in [0.05, 0.1) is 24.1 Å². The van der Waals surface area contributed by atoms with Gasteiger partial charge >= 0.3 is 5.76 Å². The highest BCUT2D eigenvalue weighted by Gasteiger charge is 2.51. The molecule has 1 fully saturated rings. The van der Waals surface area contributed by atoms with E-state index in [1.54, 1.807) is 0 Å². The molecule has 1 aliphatic rings. The minimum absolute atomic E-state index is 0.0793.